The van der Waals surface area contributed by atoms with Gasteiger partial charge < -0.3 is 0 Å². The van der Waals surface area contributed by atoms with Crippen molar-refractivity contribution in [1.29, 1.82) is 0 Å². The summed E-state index contributed by atoms with van der Waals surface area (Å²) in [6.07, 6.45) is 7.73. The standard InChI is InChI=1S/C10H22S/c1-4-7-8-9-10(11,5-2)6-3/h11H,4-9H2,1-3H3. The van der Waals surface area contributed by atoms with Gasteiger partial charge in [-0.2, -0.15) is 12.6 Å². The summed E-state index contributed by atoms with van der Waals surface area (Å²) in [5, 5.41) is 0. The maximum atomic E-state index is 4.69. The fourth-order valence-corrected chi connectivity index (χ4v) is 1.47. The summed E-state index contributed by atoms with van der Waals surface area (Å²) < 4.78 is 0.329. The van der Waals surface area contributed by atoms with Crippen molar-refractivity contribution >= 4 is 12.6 Å². The molecule has 0 aromatic heterocycles. The molecule has 0 nitrogen and oxygen atoms in total. The van der Waals surface area contributed by atoms with Crippen molar-refractivity contribution in [3.05, 3.63) is 0 Å². The van der Waals surface area contributed by atoms with Gasteiger partial charge in [-0.1, -0.05) is 40.0 Å². The van der Waals surface area contributed by atoms with Gasteiger partial charge in [0.2, 0.25) is 0 Å². The molecule has 0 rings (SSSR count). The van der Waals surface area contributed by atoms with Crippen molar-refractivity contribution in [1.82, 2.24) is 0 Å². The highest BCUT2D eigenvalue weighted by molar-refractivity contribution is 7.81. The average molecular weight is 174 g/mol. The average Bonchev–Trinajstić information content (AvgIpc) is 2.05. The minimum absolute atomic E-state index is 0.329. The number of thiol groups is 1. The Hall–Kier alpha value is 0.350. The first-order chi connectivity index (χ1) is 5.18. The van der Waals surface area contributed by atoms with Crippen molar-refractivity contribution in [2.24, 2.45) is 0 Å². The second-order valence-electron chi connectivity index (χ2n) is 3.39. The Morgan fingerprint density at radius 1 is 1.00 bits per heavy atom. The molecule has 0 saturated carbocycles. The topological polar surface area (TPSA) is 0 Å². The molecule has 11 heavy (non-hydrogen) atoms. The van der Waals surface area contributed by atoms with Gasteiger partial charge in [0.05, 0.1) is 0 Å². The van der Waals surface area contributed by atoms with E-state index in [9.17, 15) is 0 Å². The molecule has 0 radical (unpaired) electrons. The first kappa shape index (κ1) is 11.4. The predicted molar refractivity (Wildman–Crippen MR) is 56.4 cm³/mol. The number of hydrogen-bond donors (Lipinski definition) is 1. The molecule has 1 heteroatoms. The third-order valence-electron chi connectivity index (χ3n) is 2.56. The zero-order chi connectivity index (χ0) is 8.74. The van der Waals surface area contributed by atoms with Gasteiger partial charge in [0.1, 0.15) is 0 Å². The fourth-order valence-electron chi connectivity index (χ4n) is 1.31. The Morgan fingerprint density at radius 2 is 1.55 bits per heavy atom. The van der Waals surface area contributed by atoms with Crippen molar-refractivity contribution in [3.8, 4) is 0 Å². The molecule has 0 aromatic rings. The van der Waals surface area contributed by atoms with Gasteiger partial charge in [0.15, 0.2) is 0 Å². The molecular formula is C10H22S. The van der Waals surface area contributed by atoms with Gasteiger partial charge in [0.25, 0.3) is 0 Å². The van der Waals surface area contributed by atoms with E-state index in [-0.39, 0.29) is 0 Å². The van der Waals surface area contributed by atoms with E-state index in [0.29, 0.717) is 4.75 Å². The summed E-state index contributed by atoms with van der Waals surface area (Å²) in [5.41, 5.74) is 0. The zero-order valence-corrected chi connectivity index (χ0v) is 9.08. The quantitative estimate of drug-likeness (QED) is 0.456. The first-order valence-electron chi connectivity index (χ1n) is 4.91. The number of hydrogen-bond acceptors (Lipinski definition) is 1. The monoisotopic (exact) mass is 174 g/mol. The Kier molecular flexibility index (Phi) is 6.12. The maximum Gasteiger partial charge on any atom is 0.0124 e. The highest BCUT2D eigenvalue weighted by Gasteiger charge is 2.19. The van der Waals surface area contributed by atoms with Crippen molar-refractivity contribution in [3.63, 3.8) is 0 Å². The van der Waals surface area contributed by atoms with Crippen LogP contribution in [0.1, 0.15) is 59.3 Å². The van der Waals surface area contributed by atoms with Gasteiger partial charge >= 0.3 is 0 Å². The lowest BCUT2D eigenvalue weighted by molar-refractivity contribution is 0.482. The lowest BCUT2D eigenvalue weighted by Crippen LogP contribution is -2.18. The first-order valence-corrected chi connectivity index (χ1v) is 5.35. The van der Waals surface area contributed by atoms with Crippen LogP contribution in [-0.4, -0.2) is 4.75 Å². The van der Waals surface area contributed by atoms with Crippen LogP contribution in [0.15, 0.2) is 0 Å². The summed E-state index contributed by atoms with van der Waals surface area (Å²) >= 11 is 4.69. The van der Waals surface area contributed by atoms with Crippen LogP contribution in [0.2, 0.25) is 0 Å². The summed E-state index contributed by atoms with van der Waals surface area (Å²) in [4.78, 5) is 0. The predicted octanol–water partition coefficient (Wildman–Crippen LogP) is 4.06. The molecule has 0 saturated heterocycles. The molecule has 0 N–H and O–H groups in total. The lowest BCUT2D eigenvalue weighted by atomic mass is 9.95. The van der Waals surface area contributed by atoms with Crippen molar-refractivity contribution in [2.45, 2.75) is 64.0 Å². The van der Waals surface area contributed by atoms with Gasteiger partial charge in [-0.25, -0.2) is 0 Å². The summed E-state index contributed by atoms with van der Waals surface area (Å²) in [7, 11) is 0. The van der Waals surface area contributed by atoms with Crippen LogP contribution in [-0.2, 0) is 0 Å². The SMILES string of the molecule is CCCCCC(S)(CC)CC. The molecule has 0 aliphatic rings. The van der Waals surface area contributed by atoms with E-state index in [0.717, 1.165) is 0 Å². The fraction of sp³-hybridized carbons (Fsp3) is 1.00. The second-order valence-corrected chi connectivity index (χ2v) is 4.34. The van der Waals surface area contributed by atoms with Crippen LogP contribution in [0, 0.1) is 0 Å². The normalized spacial score (nSPS) is 12.0. The Morgan fingerprint density at radius 3 is 1.91 bits per heavy atom. The van der Waals surface area contributed by atoms with Crippen LogP contribution >= 0.6 is 12.6 Å². The minimum atomic E-state index is 0.329. The third kappa shape index (κ3) is 4.73. The van der Waals surface area contributed by atoms with E-state index in [1.54, 1.807) is 0 Å². The summed E-state index contributed by atoms with van der Waals surface area (Å²) in [5.74, 6) is 0. The van der Waals surface area contributed by atoms with Crippen molar-refractivity contribution < 1.29 is 0 Å². The van der Waals surface area contributed by atoms with Gasteiger partial charge in [-0.15, -0.1) is 0 Å². The number of rotatable bonds is 6. The lowest BCUT2D eigenvalue weighted by Gasteiger charge is -2.25. The van der Waals surface area contributed by atoms with Crippen LogP contribution in [0.3, 0.4) is 0 Å². The van der Waals surface area contributed by atoms with E-state index >= 15 is 0 Å². The Labute approximate surface area is 77.2 Å². The third-order valence-corrected chi connectivity index (χ3v) is 3.42. The van der Waals surface area contributed by atoms with Gasteiger partial charge in [-0.05, 0) is 19.3 Å². The molecule has 0 aromatic carbocycles. The summed E-state index contributed by atoms with van der Waals surface area (Å²) in [6, 6.07) is 0. The van der Waals surface area contributed by atoms with E-state index in [4.69, 9.17) is 12.6 Å². The minimum Gasteiger partial charge on any atom is -0.173 e. The van der Waals surface area contributed by atoms with E-state index in [1.165, 1.54) is 38.5 Å². The zero-order valence-electron chi connectivity index (χ0n) is 8.19. The molecule has 0 amide bonds. The van der Waals surface area contributed by atoms with E-state index < -0.39 is 0 Å². The highest BCUT2D eigenvalue weighted by Crippen LogP contribution is 2.29. The Bertz CT molecular complexity index is 84.9. The molecule has 0 heterocycles. The van der Waals surface area contributed by atoms with Crippen molar-refractivity contribution in [2.75, 3.05) is 0 Å². The molecule has 0 unspecified atom stereocenters. The van der Waals surface area contributed by atoms with Crippen LogP contribution in [0.5, 0.6) is 0 Å². The highest BCUT2D eigenvalue weighted by atomic mass is 32.1. The molecular weight excluding hydrogens is 152 g/mol. The molecule has 0 spiro atoms. The number of unbranched alkanes of at least 4 members (excludes halogenated alkanes) is 2. The Balaban J connectivity index is 3.51. The van der Waals surface area contributed by atoms with Gasteiger partial charge in [0, 0.05) is 4.75 Å². The van der Waals surface area contributed by atoms with Crippen LogP contribution < -0.4 is 0 Å². The molecule has 68 valence electrons. The van der Waals surface area contributed by atoms with E-state index in [1.807, 2.05) is 0 Å². The molecule has 0 atom stereocenters. The second kappa shape index (κ2) is 5.93. The van der Waals surface area contributed by atoms with Crippen LogP contribution in [0.4, 0.5) is 0 Å². The van der Waals surface area contributed by atoms with Gasteiger partial charge in [-0.3, -0.25) is 0 Å². The molecule has 0 aliphatic heterocycles. The van der Waals surface area contributed by atoms with Crippen LogP contribution in [0.25, 0.3) is 0 Å². The summed E-state index contributed by atoms with van der Waals surface area (Å²) in [6.45, 7) is 6.73. The molecule has 0 aliphatic carbocycles. The largest absolute Gasteiger partial charge is 0.173 e. The maximum absolute atomic E-state index is 4.69. The molecule has 0 bridgehead atoms. The van der Waals surface area contributed by atoms with E-state index in [2.05, 4.69) is 20.8 Å². The smallest absolute Gasteiger partial charge is 0.0124 e. The molecule has 0 fully saturated rings.